The molecule has 2 nitrogen and oxygen atoms in total. The number of hydrogen-bond donors (Lipinski definition) is 0. The Hall–Kier alpha value is -0.840. The highest BCUT2D eigenvalue weighted by atomic mass is 35.5. The van der Waals surface area contributed by atoms with E-state index in [1.165, 1.54) is 31.0 Å². The third kappa shape index (κ3) is 3.33. The molecule has 1 heterocycles. The molecule has 1 saturated heterocycles. The Morgan fingerprint density at radius 1 is 1.19 bits per heavy atom. The monoisotopic (exact) mass is 337 g/mol. The molecule has 1 aliphatic carbocycles. The molecule has 1 amide bonds. The van der Waals surface area contributed by atoms with Gasteiger partial charge in [0.2, 0.25) is 0 Å². The zero-order valence-corrected chi connectivity index (χ0v) is 13.9. The molecule has 0 bridgehead atoms. The molecule has 1 aromatic carbocycles. The van der Waals surface area contributed by atoms with Gasteiger partial charge in [-0.15, -0.1) is 0 Å². The second-order valence-corrected chi connectivity index (χ2v) is 7.51. The Labute approximate surface area is 139 Å². The van der Waals surface area contributed by atoms with E-state index in [0.29, 0.717) is 20.3 Å². The van der Waals surface area contributed by atoms with Crippen molar-refractivity contribution in [1.29, 1.82) is 0 Å². The summed E-state index contributed by atoms with van der Waals surface area (Å²) in [5.41, 5.74) is 0.976. The quantitative estimate of drug-likeness (QED) is 0.567. The molecular formula is C16H16ClNOS2. The van der Waals surface area contributed by atoms with E-state index in [1.807, 2.05) is 35.2 Å². The smallest absolute Gasteiger partial charge is 0.266 e. The van der Waals surface area contributed by atoms with Crippen LogP contribution in [0.4, 0.5) is 0 Å². The second-order valence-electron chi connectivity index (χ2n) is 5.40. The van der Waals surface area contributed by atoms with Crippen molar-refractivity contribution in [3.05, 3.63) is 39.8 Å². The van der Waals surface area contributed by atoms with Gasteiger partial charge < -0.3 is 0 Å². The molecule has 0 unspecified atom stereocenters. The summed E-state index contributed by atoms with van der Waals surface area (Å²) in [6.07, 6.45) is 7.70. The molecule has 1 saturated carbocycles. The number of thioether (sulfide) groups is 1. The molecule has 3 rings (SSSR count). The van der Waals surface area contributed by atoms with Crippen LogP contribution < -0.4 is 0 Å². The van der Waals surface area contributed by atoms with Crippen LogP contribution in [0.15, 0.2) is 29.2 Å². The molecule has 2 aliphatic rings. The molecule has 110 valence electrons. The van der Waals surface area contributed by atoms with Gasteiger partial charge in [-0.1, -0.05) is 67.0 Å². The lowest BCUT2D eigenvalue weighted by atomic mass is 9.94. The predicted octanol–water partition coefficient (Wildman–Crippen LogP) is 4.87. The summed E-state index contributed by atoms with van der Waals surface area (Å²) in [7, 11) is 0. The summed E-state index contributed by atoms with van der Waals surface area (Å²) in [5, 5.41) is 0.696. The summed E-state index contributed by atoms with van der Waals surface area (Å²) in [6, 6.07) is 7.78. The van der Waals surface area contributed by atoms with Gasteiger partial charge in [0, 0.05) is 11.1 Å². The molecule has 1 aliphatic heterocycles. The first-order valence-electron chi connectivity index (χ1n) is 7.18. The SMILES string of the molecule is O=C1/C(=C\c2ccc(Cl)cc2)SC(=S)N1C1CCCCC1. The van der Waals surface area contributed by atoms with Gasteiger partial charge in [0.05, 0.1) is 4.91 Å². The van der Waals surface area contributed by atoms with Gasteiger partial charge in [-0.2, -0.15) is 0 Å². The van der Waals surface area contributed by atoms with Gasteiger partial charge in [-0.3, -0.25) is 9.69 Å². The molecule has 2 fully saturated rings. The minimum atomic E-state index is 0.0619. The van der Waals surface area contributed by atoms with Crippen LogP contribution in [0, 0.1) is 0 Å². The van der Waals surface area contributed by atoms with Crippen LogP contribution in [0.3, 0.4) is 0 Å². The molecule has 0 spiro atoms. The zero-order valence-electron chi connectivity index (χ0n) is 11.5. The Morgan fingerprint density at radius 2 is 1.86 bits per heavy atom. The third-order valence-electron chi connectivity index (χ3n) is 3.93. The molecule has 0 atom stereocenters. The van der Waals surface area contributed by atoms with Gasteiger partial charge in [-0.25, -0.2) is 0 Å². The van der Waals surface area contributed by atoms with Crippen molar-refractivity contribution in [2.24, 2.45) is 0 Å². The van der Waals surface area contributed by atoms with E-state index < -0.39 is 0 Å². The van der Waals surface area contributed by atoms with E-state index in [0.717, 1.165) is 18.4 Å². The number of carbonyl (C=O) groups is 1. The van der Waals surface area contributed by atoms with Crippen LogP contribution in [0.25, 0.3) is 6.08 Å². The molecule has 0 aromatic heterocycles. The van der Waals surface area contributed by atoms with Crippen molar-refractivity contribution >= 4 is 51.9 Å². The summed E-state index contributed by atoms with van der Waals surface area (Å²) in [4.78, 5) is 15.2. The fourth-order valence-corrected chi connectivity index (χ4v) is 4.37. The normalized spacial score (nSPS) is 22.3. The lowest BCUT2D eigenvalue weighted by molar-refractivity contribution is -0.124. The largest absolute Gasteiger partial charge is 0.290 e. The number of carbonyl (C=O) groups excluding carboxylic acids is 1. The fraction of sp³-hybridized carbons (Fsp3) is 0.375. The van der Waals surface area contributed by atoms with E-state index in [-0.39, 0.29) is 5.91 Å². The van der Waals surface area contributed by atoms with Gasteiger partial charge in [0.15, 0.2) is 0 Å². The van der Waals surface area contributed by atoms with Gasteiger partial charge in [0.25, 0.3) is 5.91 Å². The number of halogens is 1. The van der Waals surface area contributed by atoms with Crippen LogP contribution in [0.2, 0.25) is 5.02 Å². The number of amides is 1. The second kappa shape index (κ2) is 6.51. The highest BCUT2D eigenvalue weighted by molar-refractivity contribution is 8.26. The highest BCUT2D eigenvalue weighted by Crippen LogP contribution is 2.37. The lowest BCUT2D eigenvalue weighted by Crippen LogP contribution is -2.39. The Balaban J connectivity index is 1.80. The Bertz CT molecular complexity index is 591. The van der Waals surface area contributed by atoms with Gasteiger partial charge >= 0.3 is 0 Å². The number of rotatable bonds is 2. The zero-order chi connectivity index (χ0) is 14.8. The fourth-order valence-electron chi connectivity index (χ4n) is 2.84. The summed E-state index contributed by atoms with van der Waals surface area (Å²) in [5.74, 6) is 0.0619. The average molecular weight is 338 g/mol. The van der Waals surface area contributed by atoms with E-state index in [1.54, 1.807) is 0 Å². The topological polar surface area (TPSA) is 20.3 Å². The molecule has 0 radical (unpaired) electrons. The highest BCUT2D eigenvalue weighted by Gasteiger charge is 2.37. The molecular weight excluding hydrogens is 322 g/mol. The lowest BCUT2D eigenvalue weighted by Gasteiger charge is -2.29. The number of benzene rings is 1. The maximum atomic E-state index is 12.6. The van der Waals surface area contributed by atoms with Gasteiger partial charge in [-0.05, 0) is 36.6 Å². The van der Waals surface area contributed by atoms with E-state index in [2.05, 4.69) is 0 Å². The van der Waals surface area contributed by atoms with Crippen molar-refractivity contribution in [1.82, 2.24) is 4.90 Å². The first-order chi connectivity index (χ1) is 10.1. The van der Waals surface area contributed by atoms with Crippen LogP contribution in [0.5, 0.6) is 0 Å². The average Bonchev–Trinajstić information content (AvgIpc) is 2.77. The van der Waals surface area contributed by atoms with Gasteiger partial charge in [0.1, 0.15) is 4.32 Å². The molecule has 1 aromatic rings. The van der Waals surface area contributed by atoms with E-state index in [4.69, 9.17) is 23.8 Å². The third-order valence-corrected chi connectivity index (χ3v) is 5.51. The standard InChI is InChI=1S/C16H16ClNOS2/c17-12-8-6-11(7-9-12)10-14-15(19)18(16(20)21-14)13-4-2-1-3-5-13/h6-10,13H,1-5H2/b14-10+. The molecule has 0 N–H and O–H groups in total. The number of hydrogen-bond acceptors (Lipinski definition) is 3. The molecule has 21 heavy (non-hydrogen) atoms. The van der Waals surface area contributed by atoms with Crippen LogP contribution in [-0.4, -0.2) is 21.2 Å². The summed E-state index contributed by atoms with van der Waals surface area (Å²) >= 11 is 12.7. The van der Waals surface area contributed by atoms with Crippen molar-refractivity contribution in [3.63, 3.8) is 0 Å². The van der Waals surface area contributed by atoms with Crippen molar-refractivity contribution in [3.8, 4) is 0 Å². The minimum Gasteiger partial charge on any atom is -0.290 e. The number of nitrogens with zero attached hydrogens (tertiary/aromatic N) is 1. The van der Waals surface area contributed by atoms with Crippen LogP contribution in [0.1, 0.15) is 37.7 Å². The van der Waals surface area contributed by atoms with Crippen LogP contribution in [-0.2, 0) is 4.79 Å². The maximum Gasteiger partial charge on any atom is 0.266 e. The first-order valence-corrected chi connectivity index (χ1v) is 8.78. The van der Waals surface area contributed by atoms with Crippen molar-refractivity contribution in [2.45, 2.75) is 38.1 Å². The van der Waals surface area contributed by atoms with Crippen LogP contribution >= 0.6 is 35.6 Å². The summed E-state index contributed by atoms with van der Waals surface area (Å²) in [6.45, 7) is 0. The van der Waals surface area contributed by atoms with E-state index in [9.17, 15) is 4.79 Å². The minimum absolute atomic E-state index is 0.0619. The first kappa shape index (κ1) is 15.1. The van der Waals surface area contributed by atoms with Crippen molar-refractivity contribution in [2.75, 3.05) is 0 Å². The van der Waals surface area contributed by atoms with Crippen molar-refractivity contribution < 1.29 is 4.79 Å². The van der Waals surface area contributed by atoms with E-state index >= 15 is 0 Å². The molecule has 5 heteroatoms. The summed E-state index contributed by atoms with van der Waals surface area (Å²) < 4.78 is 0.701. The maximum absolute atomic E-state index is 12.6. The Morgan fingerprint density at radius 3 is 2.52 bits per heavy atom. The predicted molar refractivity (Wildman–Crippen MR) is 93.3 cm³/mol. The number of thiocarbonyl (C=S) groups is 1. The Kier molecular flexibility index (Phi) is 4.67.